The number of aromatic nitrogens is 2. The van der Waals surface area contributed by atoms with Crippen molar-refractivity contribution in [1.82, 2.24) is 14.5 Å². The van der Waals surface area contributed by atoms with Crippen LogP contribution in [0.1, 0.15) is 47.8 Å². The van der Waals surface area contributed by atoms with Crippen molar-refractivity contribution in [3.8, 4) is 0 Å². The van der Waals surface area contributed by atoms with Crippen molar-refractivity contribution in [2.45, 2.75) is 39.7 Å². The number of aryl methyl sites for hydroxylation is 1. The molecule has 1 aromatic heterocycles. The molecule has 0 saturated carbocycles. The molecule has 1 aliphatic rings. The van der Waals surface area contributed by atoms with E-state index in [0.717, 1.165) is 37.9 Å². The summed E-state index contributed by atoms with van der Waals surface area (Å²) in [4.78, 5) is 34.9. The number of carbonyl (C=O) groups excluding carboxylic acids is 2. The number of rotatable bonds is 9. The number of hydrogen-bond donors (Lipinski definition) is 1. The maximum absolute atomic E-state index is 14.8. The first-order chi connectivity index (χ1) is 15.4. The van der Waals surface area contributed by atoms with E-state index in [2.05, 4.69) is 4.90 Å². The number of anilines is 2. The van der Waals surface area contributed by atoms with E-state index in [1.54, 1.807) is 17.7 Å². The van der Waals surface area contributed by atoms with E-state index < -0.39 is 0 Å². The third-order valence-corrected chi connectivity index (χ3v) is 6.00. The smallest absolute Gasteiger partial charge is 0.274 e. The number of piperidine rings is 1. The van der Waals surface area contributed by atoms with Crippen molar-refractivity contribution in [2.75, 3.05) is 49.6 Å². The van der Waals surface area contributed by atoms with Crippen molar-refractivity contribution in [3.63, 3.8) is 0 Å². The molecule has 32 heavy (non-hydrogen) atoms. The van der Waals surface area contributed by atoms with Crippen molar-refractivity contribution in [3.05, 3.63) is 40.8 Å². The Morgan fingerprint density at radius 2 is 2.00 bits per heavy atom. The normalized spacial score (nSPS) is 13.8. The first-order valence-corrected chi connectivity index (χ1v) is 11.1. The zero-order valence-corrected chi connectivity index (χ0v) is 19.1. The maximum Gasteiger partial charge on any atom is 0.274 e. The Labute approximate surface area is 188 Å². The molecule has 1 N–H and O–H groups in total. The number of aliphatic hydroxyl groups is 1. The predicted octanol–water partition coefficient (Wildman–Crippen LogP) is 2.42. The van der Waals surface area contributed by atoms with E-state index in [4.69, 9.17) is 4.98 Å². The largest absolute Gasteiger partial charge is 0.395 e. The summed E-state index contributed by atoms with van der Waals surface area (Å²) in [6.07, 6.45) is 3.67. The van der Waals surface area contributed by atoms with Gasteiger partial charge in [-0.25, -0.2) is 4.39 Å². The lowest BCUT2D eigenvalue weighted by Crippen LogP contribution is -2.34. The monoisotopic (exact) mass is 445 g/mol. The second-order valence-corrected chi connectivity index (χ2v) is 8.09. The second kappa shape index (κ2) is 10.6. The SMILES string of the molecule is CCN(C)C(=O)c1c(N(C=O)CCO)nc(N2CCCCC2)n1Cc1c(C)cccc1F. The third-order valence-electron chi connectivity index (χ3n) is 6.00. The Bertz CT molecular complexity index is 935. The molecule has 0 aliphatic carbocycles. The van der Waals surface area contributed by atoms with Gasteiger partial charge in [0.05, 0.1) is 19.7 Å². The Morgan fingerprint density at radius 1 is 1.28 bits per heavy atom. The van der Waals surface area contributed by atoms with Gasteiger partial charge in [0.25, 0.3) is 5.91 Å². The van der Waals surface area contributed by atoms with Gasteiger partial charge in [-0.15, -0.1) is 0 Å². The van der Waals surface area contributed by atoms with Crippen LogP contribution in [0.2, 0.25) is 0 Å². The van der Waals surface area contributed by atoms with Crippen LogP contribution in [0.15, 0.2) is 18.2 Å². The van der Waals surface area contributed by atoms with Crippen LogP contribution in [0, 0.1) is 12.7 Å². The highest BCUT2D eigenvalue weighted by Gasteiger charge is 2.31. The fraction of sp³-hybridized carbons (Fsp3) is 0.522. The fourth-order valence-electron chi connectivity index (χ4n) is 3.99. The minimum absolute atomic E-state index is 0.00873. The molecule has 0 spiro atoms. The summed E-state index contributed by atoms with van der Waals surface area (Å²) < 4.78 is 16.5. The van der Waals surface area contributed by atoms with Crippen LogP contribution >= 0.6 is 0 Å². The summed E-state index contributed by atoms with van der Waals surface area (Å²) in [6.45, 7) is 5.54. The molecule has 9 heteroatoms. The van der Waals surface area contributed by atoms with Crippen molar-refractivity contribution >= 4 is 24.1 Å². The second-order valence-electron chi connectivity index (χ2n) is 8.09. The van der Waals surface area contributed by atoms with Gasteiger partial charge in [-0.1, -0.05) is 12.1 Å². The van der Waals surface area contributed by atoms with Gasteiger partial charge < -0.3 is 14.9 Å². The Kier molecular flexibility index (Phi) is 7.84. The molecule has 1 saturated heterocycles. The van der Waals surface area contributed by atoms with Gasteiger partial charge in [0.2, 0.25) is 12.4 Å². The Morgan fingerprint density at radius 3 is 2.59 bits per heavy atom. The molecule has 8 nitrogen and oxygen atoms in total. The summed E-state index contributed by atoms with van der Waals surface area (Å²) >= 11 is 0. The van der Waals surface area contributed by atoms with Gasteiger partial charge in [0.1, 0.15) is 5.82 Å². The van der Waals surface area contributed by atoms with Crippen molar-refractivity contribution < 1.29 is 19.1 Å². The summed E-state index contributed by atoms with van der Waals surface area (Å²) in [5.41, 5.74) is 1.47. The van der Waals surface area contributed by atoms with Crippen LogP contribution < -0.4 is 9.80 Å². The fourth-order valence-corrected chi connectivity index (χ4v) is 3.99. The Balaban J connectivity index is 2.24. The summed E-state index contributed by atoms with van der Waals surface area (Å²) in [6, 6.07) is 4.90. The number of imidazole rings is 1. The van der Waals surface area contributed by atoms with E-state index >= 15 is 0 Å². The van der Waals surface area contributed by atoms with Gasteiger partial charge in [0, 0.05) is 32.2 Å². The average Bonchev–Trinajstić information content (AvgIpc) is 3.18. The zero-order valence-electron chi connectivity index (χ0n) is 19.1. The number of aliphatic hydroxyl groups excluding tert-OH is 1. The minimum Gasteiger partial charge on any atom is -0.395 e. The lowest BCUT2D eigenvalue weighted by molar-refractivity contribution is -0.107. The molecule has 1 aromatic carbocycles. The quantitative estimate of drug-likeness (QED) is 0.600. The molecule has 1 fully saturated rings. The van der Waals surface area contributed by atoms with E-state index in [-0.39, 0.29) is 42.9 Å². The predicted molar refractivity (Wildman–Crippen MR) is 122 cm³/mol. The first-order valence-electron chi connectivity index (χ1n) is 11.1. The van der Waals surface area contributed by atoms with E-state index in [9.17, 15) is 19.1 Å². The number of benzene rings is 1. The molecule has 1 aliphatic heterocycles. The molecule has 0 bridgehead atoms. The number of hydrogen-bond acceptors (Lipinski definition) is 5. The van der Waals surface area contributed by atoms with Crippen LogP contribution in [0.5, 0.6) is 0 Å². The van der Waals surface area contributed by atoms with Gasteiger partial charge in [0.15, 0.2) is 11.5 Å². The Hall–Kier alpha value is -2.94. The number of amides is 2. The van der Waals surface area contributed by atoms with Gasteiger partial charge in [-0.2, -0.15) is 4.98 Å². The van der Waals surface area contributed by atoms with Crippen LogP contribution in [0.25, 0.3) is 0 Å². The summed E-state index contributed by atoms with van der Waals surface area (Å²) in [7, 11) is 1.68. The first kappa shape index (κ1) is 23.7. The van der Waals surface area contributed by atoms with Crippen LogP contribution in [0.3, 0.4) is 0 Å². The van der Waals surface area contributed by atoms with Crippen LogP contribution in [-0.2, 0) is 11.3 Å². The van der Waals surface area contributed by atoms with Gasteiger partial charge >= 0.3 is 0 Å². The molecule has 2 heterocycles. The lowest BCUT2D eigenvalue weighted by atomic mass is 10.1. The minimum atomic E-state index is -0.352. The van der Waals surface area contributed by atoms with Crippen molar-refractivity contribution in [1.29, 1.82) is 0 Å². The molecule has 0 unspecified atom stereocenters. The topological polar surface area (TPSA) is 81.9 Å². The highest BCUT2D eigenvalue weighted by molar-refractivity contribution is 6.00. The molecule has 174 valence electrons. The third kappa shape index (κ3) is 4.77. The zero-order chi connectivity index (χ0) is 23.3. The van der Waals surface area contributed by atoms with E-state index in [1.165, 1.54) is 15.9 Å². The number of nitrogens with zero attached hydrogens (tertiary/aromatic N) is 5. The maximum atomic E-state index is 14.8. The molecule has 2 aromatic rings. The van der Waals surface area contributed by atoms with Crippen LogP contribution in [0.4, 0.5) is 16.2 Å². The number of carbonyl (C=O) groups is 2. The van der Waals surface area contributed by atoms with Crippen LogP contribution in [-0.4, -0.2) is 71.7 Å². The molecule has 0 radical (unpaired) electrons. The molecule has 3 rings (SSSR count). The van der Waals surface area contributed by atoms with E-state index in [0.29, 0.717) is 24.5 Å². The lowest BCUT2D eigenvalue weighted by Gasteiger charge is -2.29. The standard InChI is InChI=1S/C23H32FN5O3/c1-4-26(3)22(32)20-21(28(16-31)13-14-30)25-23(27-11-6-5-7-12-27)29(20)15-18-17(2)9-8-10-19(18)24/h8-10,16,30H,4-7,11-15H2,1-3H3. The highest BCUT2D eigenvalue weighted by Crippen LogP contribution is 2.31. The summed E-state index contributed by atoms with van der Waals surface area (Å²) in [5, 5.41) is 9.46. The molecule has 0 atom stereocenters. The van der Waals surface area contributed by atoms with Crippen molar-refractivity contribution in [2.24, 2.45) is 0 Å². The highest BCUT2D eigenvalue weighted by atomic mass is 19.1. The summed E-state index contributed by atoms with van der Waals surface area (Å²) in [5.74, 6) is 0.0700. The molecular weight excluding hydrogens is 413 g/mol. The number of halogens is 1. The molecule has 2 amide bonds. The van der Waals surface area contributed by atoms with Gasteiger partial charge in [-0.05, 0) is 44.7 Å². The molecular formula is C23H32FN5O3. The average molecular weight is 446 g/mol. The van der Waals surface area contributed by atoms with E-state index in [1.807, 2.05) is 19.9 Å². The van der Waals surface area contributed by atoms with Gasteiger partial charge in [-0.3, -0.25) is 19.1 Å².